The molecule has 0 aliphatic carbocycles. The number of carboxylic acid groups (broad SMARTS) is 1. The van der Waals surface area contributed by atoms with Gasteiger partial charge in [-0.25, -0.2) is 4.79 Å². The van der Waals surface area contributed by atoms with Crippen LogP contribution in [0.1, 0.15) is 21.5 Å². The maximum Gasteiger partial charge on any atom is 0.336 e. The number of aromatic carboxylic acids is 1. The summed E-state index contributed by atoms with van der Waals surface area (Å²) in [7, 11) is 1.66. The zero-order valence-corrected chi connectivity index (χ0v) is 8.11. The molecule has 0 spiro atoms. The Bertz CT molecular complexity index is 372. The van der Waals surface area contributed by atoms with Crippen LogP contribution in [0, 0.1) is 6.92 Å². The highest BCUT2D eigenvalue weighted by Gasteiger charge is 2.07. The van der Waals surface area contributed by atoms with Crippen molar-refractivity contribution >= 4 is 12.2 Å². The third kappa shape index (κ3) is 2.32. The molecule has 74 valence electrons. The largest absolute Gasteiger partial charge is 0.478 e. The molecule has 0 aromatic heterocycles. The van der Waals surface area contributed by atoms with E-state index in [0.29, 0.717) is 5.56 Å². The number of aryl methyl sites for hydroxylation is 1. The van der Waals surface area contributed by atoms with E-state index in [1.807, 2.05) is 13.0 Å². The van der Waals surface area contributed by atoms with E-state index >= 15 is 0 Å². The standard InChI is InChI=1S/C10H12N2O2/c1-7-3-4-8(6-12-11-2)9(5-7)10(13)14/h3-6,11H,1-2H3,(H,13,14)/b12-6+. The molecule has 4 heteroatoms. The van der Waals surface area contributed by atoms with Gasteiger partial charge in [0, 0.05) is 12.6 Å². The predicted octanol–water partition coefficient (Wildman–Crippen LogP) is 1.25. The highest BCUT2D eigenvalue weighted by atomic mass is 16.4. The molecular weight excluding hydrogens is 180 g/mol. The van der Waals surface area contributed by atoms with Crippen molar-refractivity contribution in [2.24, 2.45) is 5.10 Å². The van der Waals surface area contributed by atoms with Crippen molar-refractivity contribution < 1.29 is 9.90 Å². The molecule has 0 atom stereocenters. The average molecular weight is 192 g/mol. The van der Waals surface area contributed by atoms with Gasteiger partial charge in [-0.05, 0) is 13.0 Å². The highest BCUT2D eigenvalue weighted by molar-refractivity contribution is 5.98. The van der Waals surface area contributed by atoms with E-state index in [9.17, 15) is 4.79 Å². The van der Waals surface area contributed by atoms with Crippen molar-refractivity contribution in [3.8, 4) is 0 Å². The first-order chi connectivity index (χ1) is 6.65. The molecule has 1 aromatic rings. The smallest absolute Gasteiger partial charge is 0.336 e. The monoisotopic (exact) mass is 192 g/mol. The van der Waals surface area contributed by atoms with Gasteiger partial charge in [-0.1, -0.05) is 17.7 Å². The summed E-state index contributed by atoms with van der Waals surface area (Å²) < 4.78 is 0. The molecule has 1 rings (SSSR count). The Labute approximate surface area is 82.3 Å². The van der Waals surface area contributed by atoms with Crippen molar-refractivity contribution in [2.75, 3.05) is 7.05 Å². The third-order valence-electron chi connectivity index (χ3n) is 1.77. The molecule has 0 amide bonds. The predicted molar refractivity (Wildman–Crippen MR) is 54.8 cm³/mol. The molecule has 0 saturated carbocycles. The second-order valence-electron chi connectivity index (χ2n) is 2.88. The van der Waals surface area contributed by atoms with E-state index in [-0.39, 0.29) is 5.56 Å². The lowest BCUT2D eigenvalue weighted by atomic mass is 10.1. The quantitative estimate of drug-likeness (QED) is 0.559. The minimum Gasteiger partial charge on any atom is -0.478 e. The fourth-order valence-corrected chi connectivity index (χ4v) is 1.10. The Hall–Kier alpha value is -1.84. The van der Waals surface area contributed by atoms with Crippen molar-refractivity contribution in [3.05, 3.63) is 34.9 Å². The Morgan fingerprint density at radius 1 is 1.57 bits per heavy atom. The molecule has 0 aliphatic heterocycles. The lowest BCUT2D eigenvalue weighted by molar-refractivity contribution is 0.0696. The minimum atomic E-state index is -0.939. The van der Waals surface area contributed by atoms with Crippen LogP contribution < -0.4 is 5.43 Å². The molecule has 0 saturated heterocycles. The normalized spacial score (nSPS) is 10.4. The number of hydrogen-bond donors (Lipinski definition) is 2. The zero-order valence-electron chi connectivity index (χ0n) is 8.11. The summed E-state index contributed by atoms with van der Waals surface area (Å²) in [6.45, 7) is 1.85. The van der Waals surface area contributed by atoms with Gasteiger partial charge in [0.1, 0.15) is 0 Å². The molecule has 0 fully saturated rings. The van der Waals surface area contributed by atoms with Crippen LogP contribution in [0.3, 0.4) is 0 Å². The first-order valence-electron chi connectivity index (χ1n) is 4.19. The summed E-state index contributed by atoms with van der Waals surface area (Å²) in [5, 5.41) is 12.7. The van der Waals surface area contributed by atoms with Gasteiger partial charge in [0.15, 0.2) is 0 Å². The number of nitrogens with one attached hydrogen (secondary N) is 1. The summed E-state index contributed by atoms with van der Waals surface area (Å²) in [4.78, 5) is 10.9. The molecule has 0 radical (unpaired) electrons. The van der Waals surface area contributed by atoms with E-state index in [0.717, 1.165) is 5.56 Å². The number of benzene rings is 1. The van der Waals surface area contributed by atoms with E-state index in [4.69, 9.17) is 5.11 Å². The van der Waals surface area contributed by atoms with Gasteiger partial charge in [0.05, 0.1) is 11.8 Å². The number of hydrazone groups is 1. The fraction of sp³-hybridized carbons (Fsp3) is 0.200. The summed E-state index contributed by atoms with van der Waals surface area (Å²) in [6.07, 6.45) is 1.49. The average Bonchev–Trinajstić information content (AvgIpc) is 2.15. The molecule has 4 nitrogen and oxygen atoms in total. The fourth-order valence-electron chi connectivity index (χ4n) is 1.10. The minimum absolute atomic E-state index is 0.268. The highest BCUT2D eigenvalue weighted by Crippen LogP contribution is 2.09. The number of carbonyl (C=O) groups is 1. The Kier molecular flexibility index (Phi) is 3.23. The molecule has 0 bridgehead atoms. The van der Waals surface area contributed by atoms with Gasteiger partial charge in [0.2, 0.25) is 0 Å². The molecule has 0 aliphatic rings. The lowest BCUT2D eigenvalue weighted by Gasteiger charge is -2.01. The van der Waals surface area contributed by atoms with Crippen LogP contribution in [0.4, 0.5) is 0 Å². The summed E-state index contributed by atoms with van der Waals surface area (Å²) in [6, 6.07) is 5.21. The molecule has 2 N–H and O–H groups in total. The summed E-state index contributed by atoms with van der Waals surface area (Å²) in [5.74, 6) is -0.939. The molecular formula is C10H12N2O2. The van der Waals surface area contributed by atoms with Crippen LogP contribution in [0.2, 0.25) is 0 Å². The maximum atomic E-state index is 10.9. The van der Waals surface area contributed by atoms with Crippen LogP contribution in [0.5, 0.6) is 0 Å². The maximum absolute atomic E-state index is 10.9. The van der Waals surface area contributed by atoms with E-state index in [1.165, 1.54) is 6.21 Å². The van der Waals surface area contributed by atoms with Crippen LogP contribution >= 0.6 is 0 Å². The van der Waals surface area contributed by atoms with Crippen molar-refractivity contribution in [1.29, 1.82) is 0 Å². The first-order valence-corrected chi connectivity index (χ1v) is 4.19. The third-order valence-corrected chi connectivity index (χ3v) is 1.77. The molecule has 1 aromatic carbocycles. The van der Waals surface area contributed by atoms with Gasteiger partial charge >= 0.3 is 5.97 Å². The van der Waals surface area contributed by atoms with Gasteiger partial charge in [0.25, 0.3) is 0 Å². The van der Waals surface area contributed by atoms with Gasteiger partial charge in [-0.15, -0.1) is 0 Å². The SMILES string of the molecule is CN/N=C/c1ccc(C)cc1C(=O)O. The number of rotatable bonds is 3. The number of hydrogen-bond acceptors (Lipinski definition) is 3. The van der Waals surface area contributed by atoms with Crippen molar-refractivity contribution in [1.82, 2.24) is 5.43 Å². The first kappa shape index (κ1) is 10.2. The second-order valence-corrected chi connectivity index (χ2v) is 2.88. The topological polar surface area (TPSA) is 61.7 Å². The second kappa shape index (κ2) is 4.41. The van der Waals surface area contributed by atoms with Gasteiger partial charge in [-0.2, -0.15) is 5.10 Å². The summed E-state index contributed by atoms with van der Waals surface area (Å²) in [5.41, 5.74) is 4.36. The van der Waals surface area contributed by atoms with Crippen molar-refractivity contribution in [3.63, 3.8) is 0 Å². The van der Waals surface area contributed by atoms with Gasteiger partial charge < -0.3 is 10.5 Å². The van der Waals surface area contributed by atoms with Gasteiger partial charge in [-0.3, -0.25) is 0 Å². The number of carboxylic acids is 1. The zero-order chi connectivity index (χ0) is 10.6. The molecule has 14 heavy (non-hydrogen) atoms. The van der Waals surface area contributed by atoms with Crippen LogP contribution in [0.25, 0.3) is 0 Å². The Balaban J connectivity index is 3.15. The van der Waals surface area contributed by atoms with E-state index in [1.54, 1.807) is 19.2 Å². The molecule has 0 unspecified atom stereocenters. The van der Waals surface area contributed by atoms with E-state index < -0.39 is 5.97 Å². The van der Waals surface area contributed by atoms with Crippen LogP contribution in [0.15, 0.2) is 23.3 Å². The Morgan fingerprint density at radius 2 is 2.29 bits per heavy atom. The number of nitrogens with zero attached hydrogens (tertiary/aromatic N) is 1. The molecule has 0 heterocycles. The van der Waals surface area contributed by atoms with Crippen LogP contribution in [-0.4, -0.2) is 24.3 Å². The lowest BCUT2D eigenvalue weighted by Crippen LogP contribution is -2.04. The van der Waals surface area contributed by atoms with Crippen molar-refractivity contribution in [2.45, 2.75) is 6.92 Å². The Morgan fingerprint density at radius 3 is 2.86 bits per heavy atom. The van der Waals surface area contributed by atoms with E-state index in [2.05, 4.69) is 10.5 Å². The summed E-state index contributed by atoms with van der Waals surface area (Å²) >= 11 is 0. The van der Waals surface area contributed by atoms with Crippen LogP contribution in [-0.2, 0) is 0 Å².